The molecular formula is C12H22N2O3. The third-order valence-corrected chi connectivity index (χ3v) is 3.65. The van der Waals surface area contributed by atoms with Crippen LogP contribution in [0.5, 0.6) is 0 Å². The summed E-state index contributed by atoms with van der Waals surface area (Å²) in [6.45, 7) is 4.92. The molecule has 1 aliphatic rings. The first kappa shape index (κ1) is 14.0. The number of nitrogens with two attached hydrogens (primary N) is 1. The molecule has 1 amide bonds. The molecule has 0 aromatic carbocycles. The van der Waals surface area contributed by atoms with Gasteiger partial charge in [0.2, 0.25) is 5.91 Å². The summed E-state index contributed by atoms with van der Waals surface area (Å²) in [5, 5.41) is 9.19. The third-order valence-electron chi connectivity index (χ3n) is 3.65. The van der Waals surface area contributed by atoms with Crippen LogP contribution >= 0.6 is 0 Å². The molecule has 0 saturated carbocycles. The van der Waals surface area contributed by atoms with Crippen molar-refractivity contribution < 1.29 is 14.7 Å². The van der Waals surface area contributed by atoms with Crippen molar-refractivity contribution in [1.29, 1.82) is 0 Å². The van der Waals surface area contributed by atoms with E-state index in [0.717, 1.165) is 6.42 Å². The summed E-state index contributed by atoms with van der Waals surface area (Å²) in [7, 11) is 0. The fourth-order valence-electron chi connectivity index (χ4n) is 2.30. The molecule has 98 valence electrons. The number of hydrogen-bond donors (Lipinski definition) is 2. The van der Waals surface area contributed by atoms with Gasteiger partial charge in [0, 0.05) is 19.6 Å². The van der Waals surface area contributed by atoms with Gasteiger partial charge < -0.3 is 15.7 Å². The van der Waals surface area contributed by atoms with E-state index in [2.05, 4.69) is 0 Å². The van der Waals surface area contributed by atoms with Gasteiger partial charge in [0.15, 0.2) is 0 Å². The molecule has 1 heterocycles. The molecule has 0 radical (unpaired) electrons. The SMILES string of the molecule is CCC(CN)C(=O)N1CCCC(C)(C(=O)O)C1. The highest BCUT2D eigenvalue weighted by Gasteiger charge is 2.40. The third kappa shape index (κ3) is 2.97. The Kier molecular flexibility index (Phi) is 4.51. The number of carboxylic acids is 1. The van der Waals surface area contributed by atoms with Crippen molar-refractivity contribution in [3.8, 4) is 0 Å². The number of likely N-dealkylation sites (tertiary alicyclic amines) is 1. The molecule has 1 rings (SSSR count). The number of aliphatic carboxylic acids is 1. The molecule has 0 aromatic rings. The van der Waals surface area contributed by atoms with Gasteiger partial charge in [-0.1, -0.05) is 6.92 Å². The second-order valence-electron chi connectivity index (χ2n) is 5.07. The quantitative estimate of drug-likeness (QED) is 0.759. The predicted molar refractivity (Wildman–Crippen MR) is 64.4 cm³/mol. The van der Waals surface area contributed by atoms with E-state index < -0.39 is 11.4 Å². The van der Waals surface area contributed by atoms with E-state index in [4.69, 9.17) is 5.73 Å². The van der Waals surface area contributed by atoms with Crippen LogP contribution in [-0.4, -0.2) is 41.5 Å². The Morgan fingerprint density at radius 1 is 1.53 bits per heavy atom. The van der Waals surface area contributed by atoms with Crippen LogP contribution in [0.2, 0.25) is 0 Å². The fraction of sp³-hybridized carbons (Fsp3) is 0.833. The van der Waals surface area contributed by atoms with Crippen molar-refractivity contribution in [1.82, 2.24) is 4.90 Å². The first-order chi connectivity index (χ1) is 7.94. The van der Waals surface area contributed by atoms with E-state index >= 15 is 0 Å². The van der Waals surface area contributed by atoms with Gasteiger partial charge in [0.05, 0.1) is 11.3 Å². The predicted octanol–water partition coefficient (Wildman–Crippen LogP) is 0.685. The second kappa shape index (κ2) is 5.49. The van der Waals surface area contributed by atoms with Crippen LogP contribution in [0, 0.1) is 11.3 Å². The summed E-state index contributed by atoms with van der Waals surface area (Å²) in [4.78, 5) is 25.0. The Hall–Kier alpha value is -1.10. The molecule has 0 spiro atoms. The monoisotopic (exact) mass is 242 g/mol. The molecule has 2 unspecified atom stereocenters. The van der Waals surface area contributed by atoms with Crippen LogP contribution < -0.4 is 5.73 Å². The number of nitrogens with zero attached hydrogens (tertiary/aromatic N) is 1. The average molecular weight is 242 g/mol. The van der Waals surface area contributed by atoms with E-state index in [1.54, 1.807) is 11.8 Å². The minimum Gasteiger partial charge on any atom is -0.481 e. The van der Waals surface area contributed by atoms with Crippen LogP contribution in [0.1, 0.15) is 33.1 Å². The first-order valence-corrected chi connectivity index (χ1v) is 6.17. The van der Waals surface area contributed by atoms with Crippen LogP contribution in [0.15, 0.2) is 0 Å². The van der Waals surface area contributed by atoms with Gasteiger partial charge >= 0.3 is 5.97 Å². The Morgan fingerprint density at radius 3 is 2.65 bits per heavy atom. The van der Waals surface area contributed by atoms with Gasteiger partial charge in [-0.3, -0.25) is 9.59 Å². The van der Waals surface area contributed by atoms with E-state index in [1.165, 1.54) is 0 Å². The van der Waals surface area contributed by atoms with Crippen molar-refractivity contribution in [3.63, 3.8) is 0 Å². The molecule has 2 atom stereocenters. The fourth-order valence-corrected chi connectivity index (χ4v) is 2.30. The van der Waals surface area contributed by atoms with E-state index in [1.807, 2.05) is 6.92 Å². The molecule has 3 N–H and O–H groups in total. The number of carbonyl (C=O) groups is 2. The van der Waals surface area contributed by atoms with Gasteiger partial charge in [-0.05, 0) is 26.2 Å². The topological polar surface area (TPSA) is 83.6 Å². The van der Waals surface area contributed by atoms with Gasteiger partial charge in [0.1, 0.15) is 0 Å². The maximum absolute atomic E-state index is 12.1. The van der Waals surface area contributed by atoms with Crippen LogP contribution in [0.25, 0.3) is 0 Å². The molecule has 5 heteroatoms. The van der Waals surface area contributed by atoms with Crippen LogP contribution in [0.3, 0.4) is 0 Å². The zero-order valence-electron chi connectivity index (χ0n) is 10.6. The van der Waals surface area contributed by atoms with Crippen molar-refractivity contribution in [2.75, 3.05) is 19.6 Å². The lowest BCUT2D eigenvalue weighted by atomic mass is 9.81. The molecule has 17 heavy (non-hydrogen) atoms. The normalized spacial score (nSPS) is 26.6. The highest BCUT2D eigenvalue weighted by molar-refractivity contribution is 5.81. The number of piperidine rings is 1. The van der Waals surface area contributed by atoms with E-state index in [0.29, 0.717) is 32.5 Å². The van der Waals surface area contributed by atoms with Gasteiger partial charge in [-0.2, -0.15) is 0 Å². The zero-order chi connectivity index (χ0) is 13.1. The smallest absolute Gasteiger partial charge is 0.311 e. The Morgan fingerprint density at radius 2 is 2.18 bits per heavy atom. The number of hydrogen-bond acceptors (Lipinski definition) is 3. The highest BCUT2D eigenvalue weighted by Crippen LogP contribution is 2.30. The largest absolute Gasteiger partial charge is 0.481 e. The summed E-state index contributed by atoms with van der Waals surface area (Å²) in [6, 6.07) is 0. The molecule has 0 aromatic heterocycles. The van der Waals surface area contributed by atoms with Crippen LogP contribution in [0.4, 0.5) is 0 Å². The number of carbonyl (C=O) groups excluding carboxylic acids is 1. The van der Waals surface area contributed by atoms with Crippen molar-refractivity contribution in [2.45, 2.75) is 33.1 Å². The summed E-state index contributed by atoms with van der Waals surface area (Å²) >= 11 is 0. The Balaban J connectivity index is 2.73. The zero-order valence-corrected chi connectivity index (χ0v) is 10.6. The molecule has 1 aliphatic heterocycles. The Labute approximate surface area is 102 Å². The van der Waals surface area contributed by atoms with Crippen molar-refractivity contribution >= 4 is 11.9 Å². The van der Waals surface area contributed by atoms with E-state index in [-0.39, 0.29) is 11.8 Å². The molecule has 5 nitrogen and oxygen atoms in total. The van der Waals surface area contributed by atoms with Crippen LogP contribution in [-0.2, 0) is 9.59 Å². The summed E-state index contributed by atoms with van der Waals surface area (Å²) in [6.07, 6.45) is 2.08. The first-order valence-electron chi connectivity index (χ1n) is 6.17. The second-order valence-corrected chi connectivity index (χ2v) is 5.07. The summed E-state index contributed by atoms with van der Waals surface area (Å²) < 4.78 is 0. The Bertz CT molecular complexity index is 302. The van der Waals surface area contributed by atoms with E-state index in [9.17, 15) is 14.7 Å². The maximum Gasteiger partial charge on any atom is 0.311 e. The molecule has 0 bridgehead atoms. The molecule has 0 aliphatic carbocycles. The lowest BCUT2D eigenvalue weighted by Crippen LogP contribution is -2.50. The number of amides is 1. The number of carboxylic acid groups (broad SMARTS) is 1. The van der Waals surface area contributed by atoms with Gasteiger partial charge in [-0.25, -0.2) is 0 Å². The summed E-state index contributed by atoms with van der Waals surface area (Å²) in [5.74, 6) is -0.996. The molecular weight excluding hydrogens is 220 g/mol. The molecule has 1 saturated heterocycles. The average Bonchev–Trinajstić information content (AvgIpc) is 2.30. The minimum atomic E-state index is -0.823. The highest BCUT2D eigenvalue weighted by atomic mass is 16.4. The van der Waals surface area contributed by atoms with Gasteiger partial charge in [0.25, 0.3) is 0 Å². The molecule has 1 fully saturated rings. The summed E-state index contributed by atoms with van der Waals surface area (Å²) in [5.41, 5.74) is 4.75. The van der Waals surface area contributed by atoms with Crippen molar-refractivity contribution in [2.24, 2.45) is 17.1 Å². The van der Waals surface area contributed by atoms with Gasteiger partial charge in [-0.15, -0.1) is 0 Å². The maximum atomic E-state index is 12.1. The number of rotatable bonds is 4. The lowest BCUT2D eigenvalue weighted by Gasteiger charge is -2.38. The standard InChI is InChI=1S/C12H22N2O3/c1-3-9(7-13)10(15)14-6-4-5-12(2,8-14)11(16)17/h9H,3-8,13H2,1-2H3,(H,16,17). The minimum absolute atomic E-state index is 0.00201. The lowest BCUT2D eigenvalue weighted by molar-refractivity contribution is -0.154. The van der Waals surface area contributed by atoms with Crippen molar-refractivity contribution in [3.05, 3.63) is 0 Å².